The third-order valence-electron chi connectivity index (χ3n) is 3.15. The molecule has 0 radical (unpaired) electrons. The molecule has 0 saturated carbocycles. The smallest absolute Gasteiger partial charge is 0.279 e. The summed E-state index contributed by atoms with van der Waals surface area (Å²) in [5, 5.41) is 10.9. The number of sulfonamides is 1. The minimum absolute atomic E-state index is 0.0730. The summed E-state index contributed by atoms with van der Waals surface area (Å²) in [5.41, 5.74) is -2.08. The molecule has 1 N–H and O–H groups in total. The first kappa shape index (κ1) is 17.7. The van der Waals surface area contributed by atoms with Crippen LogP contribution in [0.15, 0.2) is 47.4 Å². The molecule has 0 amide bonds. The SMILES string of the molecule is Cc1ccc(NS(=O)(=O)c2ccccc2[N+](=O)[O-])cc1C(F)(F)F. The first-order valence-electron chi connectivity index (χ1n) is 6.46. The number of nitro benzene ring substituents is 1. The van der Waals surface area contributed by atoms with Gasteiger partial charge in [-0.3, -0.25) is 14.8 Å². The molecule has 10 heteroatoms. The van der Waals surface area contributed by atoms with Gasteiger partial charge in [-0.15, -0.1) is 0 Å². The molecule has 24 heavy (non-hydrogen) atoms. The molecule has 128 valence electrons. The quantitative estimate of drug-likeness (QED) is 0.665. The summed E-state index contributed by atoms with van der Waals surface area (Å²) in [4.78, 5) is 9.40. The molecule has 0 atom stereocenters. The average Bonchev–Trinajstić information content (AvgIpc) is 2.48. The first-order valence-corrected chi connectivity index (χ1v) is 7.95. The Morgan fingerprint density at radius 2 is 1.75 bits per heavy atom. The van der Waals surface area contributed by atoms with Crippen LogP contribution in [-0.2, 0) is 16.2 Å². The van der Waals surface area contributed by atoms with Gasteiger partial charge in [0.2, 0.25) is 0 Å². The van der Waals surface area contributed by atoms with Crippen LogP contribution < -0.4 is 4.72 Å². The van der Waals surface area contributed by atoms with Crippen molar-refractivity contribution in [2.24, 2.45) is 0 Å². The summed E-state index contributed by atoms with van der Waals surface area (Å²) in [7, 11) is -4.42. The lowest BCUT2D eigenvalue weighted by Crippen LogP contribution is -2.16. The van der Waals surface area contributed by atoms with E-state index in [1.54, 1.807) is 0 Å². The fourth-order valence-electron chi connectivity index (χ4n) is 2.04. The van der Waals surface area contributed by atoms with Crippen LogP contribution in [0.5, 0.6) is 0 Å². The third-order valence-corrected chi connectivity index (χ3v) is 4.58. The number of halogens is 3. The van der Waals surface area contributed by atoms with Crippen molar-refractivity contribution in [3.63, 3.8) is 0 Å². The van der Waals surface area contributed by atoms with Crippen LogP contribution in [0, 0.1) is 17.0 Å². The zero-order valence-corrected chi connectivity index (χ0v) is 13.0. The Kier molecular flexibility index (Phi) is 4.52. The van der Waals surface area contributed by atoms with Crippen LogP contribution in [0.2, 0.25) is 0 Å². The van der Waals surface area contributed by atoms with Crippen molar-refractivity contribution in [1.82, 2.24) is 0 Å². The van der Waals surface area contributed by atoms with E-state index in [9.17, 15) is 31.7 Å². The van der Waals surface area contributed by atoms with E-state index in [2.05, 4.69) is 0 Å². The number of nitrogens with one attached hydrogen (secondary N) is 1. The van der Waals surface area contributed by atoms with Crippen LogP contribution in [0.3, 0.4) is 0 Å². The van der Waals surface area contributed by atoms with Gasteiger partial charge >= 0.3 is 6.18 Å². The van der Waals surface area contributed by atoms with Crippen molar-refractivity contribution >= 4 is 21.4 Å². The predicted octanol–water partition coefficient (Wildman–Crippen LogP) is 3.72. The number of nitrogens with zero attached hydrogens (tertiary/aromatic N) is 1. The fraction of sp³-hybridized carbons (Fsp3) is 0.143. The van der Waals surface area contributed by atoms with E-state index in [0.29, 0.717) is 6.07 Å². The van der Waals surface area contributed by atoms with Gasteiger partial charge in [0.25, 0.3) is 15.7 Å². The number of para-hydroxylation sites is 1. The highest BCUT2D eigenvalue weighted by Gasteiger charge is 2.33. The third kappa shape index (κ3) is 3.65. The summed E-state index contributed by atoms with van der Waals surface area (Å²) < 4.78 is 65.2. The number of anilines is 1. The molecule has 2 rings (SSSR count). The van der Waals surface area contributed by atoms with Gasteiger partial charge in [0.15, 0.2) is 4.90 Å². The van der Waals surface area contributed by atoms with Crippen molar-refractivity contribution < 1.29 is 26.5 Å². The summed E-state index contributed by atoms with van der Waals surface area (Å²) in [5.74, 6) is 0. The average molecular weight is 360 g/mol. The number of alkyl halides is 3. The highest BCUT2D eigenvalue weighted by atomic mass is 32.2. The summed E-state index contributed by atoms with van der Waals surface area (Å²) in [6.45, 7) is 1.24. The summed E-state index contributed by atoms with van der Waals surface area (Å²) in [6.07, 6.45) is -4.65. The Labute approximate surface area is 135 Å². The van der Waals surface area contributed by atoms with Gasteiger partial charge in [-0.1, -0.05) is 18.2 Å². The normalized spacial score (nSPS) is 12.0. The second-order valence-electron chi connectivity index (χ2n) is 4.86. The Balaban J connectivity index is 2.46. The van der Waals surface area contributed by atoms with Crippen LogP contribution >= 0.6 is 0 Å². The zero-order chi connectivity index (χ0) is 18.1. The van der Waals surface area contributed by atoms with Gasteiger partial charge in [-0.05, 0) is 30.7 Å². The molecule has 0 aliphatic carbocycles. The van der Waals surface area contributed by atoms with Gasteiger partial charge in [0.05, 0.1) is 10.5 Å². The highest BCUT2D eigenvalue weighted by molar-refractivity contribution is 7.92. The number of rotatable bonds is 4. The molecule has 0 aliphatic rings. The minimum atomic E-state index is -4.65. The van der Waals surface area contributed by atoms with Crippen LogP contribution in [0.1, 0.15) is 11.1 Å². The maximum absolute atomic E-state index is 12.9. The van der Waals surface area contributed by atoms with Crippen molar-refractivity contribution in [3.8, 4) is 0 Å². The number of hydrogen-bond donors (Lipinski definition) is 1. The zero-order valence-electron chi connectivity index (χ0n) is 12.2. The van der Waals surface area contributed by atoms with Gasteiger partial charge in [0.1, 0.15) is 0 Å². The second-order valence-corrected chi connectivity index (χ2v) is 6.51. The molecule has 2 aromatic rings. The molecule has 0 unspecified atom stereocenters. The van der Waals surface area contributed by atoms with Crippen molar-refractivity contribution in [2.45, 2.75) is 18.0 Å². The van der Waals surface area contributed by atoms with E-state index in [1.165, 1.54) is 19.1 Å². The molecule has 0 spiro atoms. The van der Waals surface area contributed by atoms with Gasteiger partial charge in [-0.2, -0.15) is 13.2 Å². The van der Waals surface area contributed by atoms with Gasteiger partial charge in [0, 0.05) is 11.8 Å². The number of nitro groups is 1. The molecule has 2 aromatic carbocycles. The topological polar surface area (TPSA) is 89.3 Å². The molecule has 0 aliphatic heterocycles. The van der Waals surface area contributed by atoms with E-state index in [0.717, 1.165) is 24.3 Å². The van der Waals surface area contributed by atoms with Crippen LogP contribution in [0.4, 0.5) is 24.5 Å². The number of benzene rings is 2. The number of aryl methyl sites for hydroxylation is 1. The highest BCUT2D eigenvalue weighted by Crippen LogP contribution is 2.34. The van der Waals surface area contributed by atoms with E-state index >= 15 is 0 Å². The Hall–Kier alpha value is -2.62. The van der Waals surface area contributed by atoms with E-state index in [4.69, 9.17) is 0 Å². The van der Waals surface area contributed by atoms with Crippen molar-refractivity contribution in [2.75, 3.05) is 4.72 Å². The molecule has 0 heterocycles. The molecule has 0 aromatic heterocycles. The molecule has 0 saturated heterocycles. The molecule has 0 bridgehead atoms. The Bertz CT molecular complexity index is 895. The van der Waals surface area contributed by atoms with Crippen LogP contribution in [0.25, 0.3) is 0 Å². The minimum Gasteiger partial charge on any atom is -0.279 e. The summed E-state index contributed by atoms with van der Waals surface area (Å²) in [6, 6.07) is 7.45. The standard InChI is InChI=1S/C14H11F3N2O4S/c1-9-6-7-10(8-11(9)14(15,16)17)18-24(22,23)13-5-3-2-4-12(13)19(20)21/h2-8,18H,1H3. The lowest BCUT2D eigenvalue weighted by Gasteiger charge is -2.13. The number of hydrogen-bond acceptors (Lipinski definition) is 4. The van der Waals surface area contributed by atoms with Gasteiger partial charge in [-0.25, -0.2) is 8.42 Å². The lowest BCUT2D eigenvalue weighted by molar-refractivity contribution is -0.387. The monoisotopic (exact) mass is 360 g/mol. The maximum Gasteiger partial charge on any atom is 0.416 e. The molecular formula is C14H11F3N2O4S. The van der Waals surface area contributed by atoms with E-state index in [1.807, 2.05) is 4.72 Å². The molecule has 0 fully saturated rings. The van der Waals surface area contributed by atoms with E-state index < -0.39 is 37.3 Å². The molecule has 6 nitrogen and oxygen atoms in total. The predicted molar refractivity (Wildman–Crippen MR) is 80.1 cm³/mol. The lowest BCUT2D eigenvalue weighted by atomic mass is 10.1. The second kappa shape index (κ2) is 6.11. The van der Waals surface area contributed by atoms with Crippen molar-refractivity contribution in [3.05, 3.63) is 63.7 Å². The maximum atomic E-state index is 12.9. The van der Waals surface area contributed by atoms with E-state index in [-0.39, 0.29) is 11.3 Å². The Morgan fingerprint density at radius 3 is 2.33 bits per heavy atom. The first-order chi connectivity index (χ1) is 11.0. The van der Waals surface area contributed by atoms with Crippen molar-refractivity contribution in [1.29, 1.82) is 0 Å². The fourth-order valence-corrected chi connectivity index (χ4v) is 3.26. The molecular weight excluding hydrogens is 349 g/mol. The van der Waals surface area contributed by atoms with Crippen LogP contribution in [-0.4, -0.2) is 13.3 Å². The Morgan fingerprint density at radius 1 is 1.12 bits per heavy atom. The van der Waals surface area contributed by atoms with Gasteiger partial charge < -0.3 is 0 Å². The largest absolute Gasteiger partial charge is 0.416 e. The summed E-state index contributed by atoms with van der Waals surface area (Å²) >= 11 is 0.